The monoisotopic (exact) mass is 484 g/mol. The average Bonchev–Trinajstić information content (AvgIpc) is 3.20. The lowest BCUT2D eigenvalue weighted by Crippen LogP contribution is -2.21. The number of likely N-dealkylation sites (N-methyl/N-ethyl adjacent to an activating group) is 1. The Morgan fingerprint density at radius 1 is 0.811 bits per heavy atom. The van der Waals surface area contributed by atoms with Gasteiger partial charge in [0.25, 0.3) is 0 Å². The molecule has 0 amide bonds. The second kappa shape index (κ2) is 9.74. The quantitative estimate of drug-likeness (QED) is 0.237. The van der Waals surface area contributed by atoms with Crippen LogP contribution in [0.5, 0.6) is 0 Å². The summed E-state index contributed by atoms with van der Waals surface area (Å²) in [6.45, 7) is 6.50. The maximum Gasteiger partial charge on any atom is 0.196 e. The highest BCUT2D eigenvalue weighted by Gasteiger charge is 2.24. The van der Waals surface area contributed by atoms with Crippen molar-refractivity contribution in [2.75, 3.05) is 30.4 Å². The van der Waals surface area contributed by atoms with Crippen molar-refractivity contribution >= 4 is 23.3 Å². The molecule has 3 heteroatoms. The van der Waals surface area contributed by atoms with E-state index in [-0.39, 0.29) is 6.04 Å². The van der Waals surface area contributed by atoms with Gasteiger partial charge in [-0.15, -0.1) is 0 Å². The molecule has 1 aliphatic heterocycles. The minimum atomic E-state index is 0.259. The molecule has 2 bridgehead atoms. The van der Waals surface area contributed by atoms with Gasteiger partial charge < -0.3 is 10.2 Å². The van der Waals surface area contributed by atoms with Crippen molar-refractivity contribution < 1.29 is 4.58 Å². The predicted molar refractivity (Wildman–Crippen MR) is 158 cm³/mol. The summed E-state index contributed by atoms with van der Waals surface area (Å²) in [6, 6.07) is 31.6. The van der Waals surface area contributed by atoms with Crippen molar-refractivity contribution in [3.63, 3.8) is 0 Å². The van der Waals surface area contributed by atoms with Crippen LogP contribution in [0.1, 0.15) is 36.6 Å². The van der Waals surface area contributed by atoms with Gasteiger partial charge in [-0.2, -0.15) is 0 Å². The number of fused-ring (bicyclic) bond motifs is 2. The average molecular weight is 485 g/mol. The molecule has 0 spiro atoms. The van der Waals surface area contributed by atoms with Crippen molar-refractivity contribution in [1.29, 1.82) is 0 Å². The highest BCUT2D eigenvalue weighted by Crippen LogP contribution is 2.42. The summed E-state index contributed by atoms with van der Waals surface area (Å²) in [5.41, 5.74) is 12.8. The molecule has 1 atom stereocenters. The second-order valence-corrected chi connectivity index (χ2v) is 10.0. The molecule has 1 N–H and O–H groups in total. The fourth-order valence-electron chi connectivity index (χ4n) is 5.77. The molecule has 184 valence electrons. The molecule has 4 aromatic carbocycles. The van der Waals surface area contributed by atoms with Gasteiger partial charge in [0.05, 0.1) is 0 Å². The highest BCUT2D eigenvalue weighted by atomic mass is 15.1. The Morgan fingerprint density at radius 2 is 1.65 bits per heavy atom. The number of allylic oxidation sites excluding steroid dienone is 1. The van der Waals surface area contributed by atoms with E-state index in [4.69, 9.17) is 0 Å². The largest absolute Gasteiger partial charge is 0.372 e. The molecule has 0 aromatic heterocycles. The van der Waals surface area contributed by atoms with E-state index in [1.54, 1.807) is 0 Å². The lowest BCUT2D eigenvalue weighted by atomic mass is 9.92. The summed E-state index contributed by atoms with van der Waals surface area (Å²) in [7, 11) is 2.14. The van der Waals surface area contributed by atoms with E-state index in [9.17, 15) is 0 Å². The van der Waals surface area contributed by atoms with Crippen LogP contribution in [-0.4, -0.2) is 30.9 Å². The number of benzene rings is 4. The number of nitrogens with zero attached hydrogens (tertiary/aromatic N) is 2. The van der Waals surface area contributed by atoms with Gasteiger partial charge in [-0.05, 0) is 103 Å². The Balaban J connectivity index is 1.47. The van der Waals surface area contributed by atoms with E-state index in [1.165, 1.54) is 44.6 Å². The van der Waals surface area contributed by atoms with Crippen LogP contribution in [0.3, 0.4) is 0 Å². The van der Waals surface area contributed by atoms with E-state index in [0.29, 0.717) is 0 Å². The van der Waals surface area contributed by atoms with Gasteiger partial charge in [0.2, 0.25) is 0 Å². The SMILES string of the molecule is CCN(CC)c1ccc2c(c1)Cc1ccc-2cc1-c1cc(C2C=CC=[N+]2C)ccc1Nc1ccccc1. The van der Waals surface area contributed by atoms with Crippen LogP contribution >= 0.6 is 0 Å². The molecule has 3 aliphatic rings. The minimum Gasteiger partial charge on any atom is -0.372 e. The molecule has 1 heterocycles. The van der Waals surface area contributed by atoms with Crippen LogP contribution in [0, 0.1) is 0 Å². The van der Waals surface area contributed by atoms with Crippen molar-refractivity contribution in [1.82, 2.24) is 0 Å². The van der Waals surface area contributed by atoms with Gasteiger partial charge in [0.15, 0.2) is 12.3 Å². The van der Waals surface area contributed by atoms with E-state index in [2.05, 4.69) is 139 Å². The summed E-state index contributed by atoms with van der Waals surface area (Å²) in [6.07, 6.45) is 7.49. The zero-order valence-corrected chi connectivity index (χ0v) is 21.9. The molecule has 3 nitrogen and oxygen atoms in total. The lowest BCUT2D eigenvalue weighted by molar-refractivity contribution is -0.523. The molecule has 4 aromatic rings. The van der Waals surface area contributed by atoms with Gasteiger partial charge in [-0.1, -0.05) is 36.4 Å². The Hall–Kier alpha value is -4.11. The molecule has 1 unspecified atom stereocenters. The molecule has 0 saturated carbocycles. The van der Waals surface area contributed by atoms with E-state index < -0.39 is 0 Å². The van der Waals surface area contributed by atoms with Crippen molar-refractivity contribution in [3.05, 3.63) is 114 Å². The molecule has 37 heavy (non-hydrogen) atoms. The third-order valence-corrected chi connectivity index (χ3v) is 7.80. The summed E-state index contributed by atoms with van der Waals surface area (Å²) in [5, 5.41) is 3.71. The van der Waals surface area contributed by atoms with E-state index in [0.717, 1.165) is 30.9 Å². The van der Waals surface area contributed by atoms with E-state index >= 15 is 0 Å². The van der Waals surface area contributed by atoms with Gasteiger partial charge in [0.1, 0.15) is 7.05 Å². The number of para-hydroxylation sites is 1. The van der Waals surface area contributed by atoms with Gasteiger partial charge in [0, 0.05) is 47.4 Å². The number of anilines is 3. The standard InChI is InChI=1S/C34H34N3/c1-4-37(5-2)29-16-17-30-25-14-13-24(20-27(30)21-29)31(22-25)32-23-26(34-12-9-19-36(34)3)15-18-33(32)35-28-10-7-6-8-11-28/h6-19,21-23,34-35H,4-5,20H2,1-3H3/q+1. The Labute approximate surface area is 220 Å². The van der Waals surface area contributed by atoms with Crippen LogP contribution in [0.2, 0.25) is 0 Å². The number of hydrogen-bond donors (Lipinski definition) is 1. The zero-order chi connectivity index (χ0) is 25.4. The van der Waals surface area contributed by atoms with Crippen LogP contribution in [0.15, 0.2) is 97.1 Å². The highest BCUT2D eigenvalue weighted by molar-refractivity contribution is 5.88. The van der Waals surface area contributed by atoms with Gasteiger partial charge in [-0.3, -0.25) is 0 Å². The van der Waals surface area contributed by atoms with Crippen molar-refractivity contribution in [2.45, 2.75) is 26.3 Å². The lowest BCUT2D eigenvalue weighted by Gasteiger charge is -2.22. The van der Waals surface area contributed by atoms with Crippen LogP contribution in [0.25, 0.3) is 22.3 Å². The number of hydrogen-bond acceptors (Lipinski definition) is 2. The summed E-state index contributed by atoms with van der Waals surface area (Å²) >= 11 is 0. The molecular weight excluding hydrogens is 450 g/mol. The Kier molecular flexibility index (Phi) is 6.13. The summed E-state index contributed by atoms with van der Waals surface area (Å²) in [4.78, 5) is 2.43. The first-order valence-corrected chi connectivity index (χ1v) is 13.4. The first-order valence-electron chi connectivity index (χ1n) is 13.4. The molecule has 0 radical (unpaired) electrons. The first-order chi connectivity index (χ1) is 18.1. The molecular formula is C34H34N3+. The minimum absolute atomic E-state index is 0.259. The fourth-order valence-corrected chi connectivity index (χ4v) is 5.77. The Morgan fingerprint density at radius 3 is 2.41 bits per heavy atom. The predicted octanol–water partition coefficient (Wildman–Crippen LogP) is 7.84. The normalized spacial score (nSPS) is 15.3. The van der Waals surface area contributed by atoms with E-state index in [1.807, 2.05) is 0 Å². The maximum absolute atomic E-state index is 3.71. The van der Waals surface area contributed by atoms with Crippen LogP contribution in [0.4, 0.5) is 17.1 Å². The topological polar surface area (TPSA) is 18.3 Å². The molecule has 0 fully saturated rings. The molecule has 2 aliphatic carbocycles. The maximum atomic E-state index is 3.71. The van der Waals surface area contributed by atoms with Crippen molar-refractivity contribution in [3.8, 4) is 22.3 Å². The van der Waals surface area contributed by atoms with Crippen LogP contribution in [-0.2, 0) is 6.42 Å². The zero-order valence-electron chi connectivity index (χ0n) is 21.9. The van der Waals surface area contributed by atoms with Gasteiger partial charge in [-0.25, -0.2) is 4.58 Å². The van der Waals surface area contributed by atoms with Crippen molar-refractivity contribution in [2.24, 2.45) is 0 Å². The third-order valence-electron chi connectivity index (χ3n) is 7.80. The Bertz CT molecular complexity index is 1510. The fraction of sp³-hybridized carbons (Fsp3) is 0.206. The van der Waals surface area contributed by atoms with Crippen LogP contribution < -0.4 is 10.2 Å². The number of rotatable bonds is 7. The third kappa shape index (κ3) is 4.35. The summed E-state index contributed by atoms with van der Waals surface area (Å²) < 4.78 is 2.27. The summed E-state index contributed by atoms with van der Waals surface area (Å²) in [5.74, 6) is 0. The molecule has 0 saturated heterocycles. The second-order valence-electron chi connectivity index (χ2n) is 10.0. The number of nitrogens with one attached hydrogen (secondary N) is 1. The first kappa shape index (κ1) is 23.3. The van der Waals surface area contributed by atoms with Gasteiger partial charge >= 0.3 is 0 Å². The smallest absolute Gasteiger partial charge is 0.196 e. The molecule has 7 rings (SSSR count).